The first kappa shape index (κ1) is 13.9. The van der Waals surface area contributed by atoms with Gasteiger partial charge in [-0.2, -0.15) is 0 Å². The summed E-state index contributed by atoms with van der Waals surface area (Å²) in [5.74, 6) is 0.743. The van der Waals surface area contributed by atoms with Gasteiger partial charge in [-0.1, -0.05) is 38.8 Å². The minimum Gasteiger partial charge on any atom is -0.361 e. The normalized spacial score (nSPS) is 12.8. The van der Waals surface area contributed by atoms with E-state index < -0.39 is 0 Å². The van der Waals surface area contributed by atoms with Crippen LogP contribution in [0, 0.1) is 0 Å². The van der Waals surface area contributed by atoms with Crippen LogP contribution in [-0.4, -0.2) is 10.8 Å². The van der Waals surface area contributed by atoms with Gasteiger partial charge in [-0.3, -0.25) is 4.79 Å². The molecule has 0 bridgehead atoms. The lowest BCUT2D eigenvalue weighted by atomic mass is 9.91. The maximum absolute atomic E-state index is 11.4. The molecule has 0 fully saturated rings. The monoisotopic (exact) mass is 257 g/mol. The predicted molar refractivity (Wildman–Crippen MR) is 80.9 cm³/mol. The molecule has 2 nitrogen and oxygen atoms in total. The summed E-state index contributed by atoms with van der Waals surface area (Å²) in [5.41, 5.74) is 3.27. The lowest BCUT2D eigenvalue weighted by Crippen LogP contribution is -1.96. The zero-order chi connectivity index (χ0) is 13.8. The molecule has 1 unspecified atom stereocenters. The highest BCUT2D eigenvalue weighted by Crippen LogP contribution is 2.31. The minimum absolute atomic E-state index is 0.121. The molecular weight excluding hydrogens is 234 g/mol. The van der Waals surface area contributed by atoms with Crippen LogP contribution in [0.4, 0.5) is 0 Å². The molecule has 1 heterocycles. The highest BCUT2D eigenvalue weighted by molar-refractivity contribution is 5.98. The maximum Gasteiger partial charge on any atom is 0.159 e. The molecular formula is C17H23NO. The van der Waals surface area contributed by atoms with E-state index in [-0.39, 0.29) is 5.78 Å². The molecule has 102 valence electrons. The van der Waals surface area contributed by atoms with Crippen molar-refractivity contribution in [3.8, 4) is 0 Å². The van der Waals surface area contributed by atoms with Crippen LogP contribution in [0.5, 0.6) is 0 Å². The fraction of sp³-hybridized carbons (Fsp3) is 0.471. The van der Waals surface area contributed by atoms with E-state index in [2.05, 4.69) is 31.1 Å². The van der Waals surface area contributed by atoms with Crippen molar-refractivity contribution in [1.29, 1.82) is 0 Å². The summed E-state index contributed by atoms with van der Waals surface area (Å²) in [6.07, 6.45) is 7.05. The van der Waals surface area contributed by atoms with Gasteiger partial charge in [-0.25, -0.2) is 0 Å². The highest BCUT2D eigenvalue weighted by Gasteiger charge is 2.14. The van der Waals surface area contributed by atoms with Crippen LogP contribution in [0.25, 0.3) is 10.9 Å². The maximum atomic E-state index is 11.4. The van der Waals surface area contributed by atoms with E-state index in [4.69, 9.17) is 0 Å². The first-order valence-corrected chi connectivity index (χ1v) is 7.29. The van der Waals surface area contributed by atoms with E-state index in [0.29, 0.717) is 5.92 Å². The number of hydrogen-bond acceptors (Lipinski definition) is 1. The van der Waals surface area contributed by atoms with Gasteiger partial charge in [0.1, 0.15) is 0 Å². The summed E-state index contributed by atoms with van der Waals surface area (Å²) in [6, 6.07) is 5.99. The number of Topliss-reactive ketones (excluding diaryl/α,β-unsaturated/α-hetero) is 1. The lowest BCUT2D eigenvalue weighted by molar-refractivity contribution is 0.101. The van der Waals surface area contributed by atoms with Gasteiger partial charge < -0.3 is 4.98 Å². The lowest BCUT2D eigenvalue weighted by Gasteiger charge is -2.13. The highest BCUT2D eigenvalue weighted by atomic mass is 16.1. The van der Waals surface area contributed by atoms with Crippen LogP contribution in [0.15, 0.2) is 24.4 Å². The molecule has 0 aliphatic carbocycles. The summed E-state index contributed by atoms with van der Waals surface area (Å²) in [7, 11) is 0. The van der Waals surface area contributed by atoms with Crippen LogP contribution in [0.1, 0.15) is 68.3 Å². The quantitative estimate of drug-likeness (QED) is 0.721. The Morgan fingerprint density at radius 2 is 2.11 bits per heavy atom. The summed E-state index contributed by atoms with van der Waals surface area (Å²) < 4.78 is 0. The number of carbonyl (C=O) groups excluding carboxylic acids is 1. The van der Waals surface area contributed by atoms with E-state index in [9.17, 15) is 4.79 Å². The number of ketones is 1. The Balaban J connectivity index is 2.36. The van der Waals surface area contributed by atoms with E-state index >= 15 is 0 Å². The van der Waals surface area contributed by atoms with Crippen molar-refractivity contribution >= 4 is 16.7 Å². The Morgan fingerprint density at radius 1 is 1.32 bits per heavy atom. The molecule has 2 rings (SSSR count). The van der Waals surface area contributed by atoms with Crippen LogP contribution in [0.3, 0.4) is 0 Å². The molecule has 1 atom stereocenters. The minimum atomic E-state index is 0.121. The van der Waals surface area contributed by atoms with E-state index in [1.165, 1.54) is 36.6 Å². The van der Waals surface area contributed by atoms with Crippen LogP contribution in [0.2, 0.25) is 0 Å². The average Bonchev–Trinajstić information content (AvgIpc) is 2.83. The zero-order valence-electron chi connectivity index (χ0n) is 12.1. The second kappa shape index (κ2) is 6.05. The second-order valence-corrected chi connectivity index (χ2v) is 5.31. The molecule has 0 saturated heterocycles. The van der Waals surface area contributed by atoms with Gasteiger partial charge in [-0.05, 0) is 37.3 Å². The molecule has 0 spiro atoms. The van der Waals surface area contributed by atoms with Crippen molar-refractivity contribution in [3.63, 3.8) is 0 Å². The van der Waals surface area contributed by atoms with Crippen molar-refractivity contribution < 1.29 is 4.79 Å². The third-order valence-electron chi connectivity index (χ3n) is 3.96. The number of aromatic nitrogens is 1. The molecule has 2 heteroatoms. The van der Waals surface area contributed by atoms with Gasteiger partial charge >= 0.3 is 0 Å². The number of nitrogens with one attached hydrogen (secondary N) is 1. The second-order valence-electron chi connectivity index (χ2n) is 5.31. The number of benzene rings is 1. The first-order valence-electron chi connectivity index (χ1n) is 7.29. The Morgan fingerprint density at radius 3 is 2.74 bits per heavy atom. The molecule has 0 radical (unpaired) electrons. The fourth-order valence-corrected chi connectivity index (χ4v) is 2.74. The van der Waals surface area contributed by atoms with Crippen LogP contribution < -0.4 is 0 Å². The Labute approximate surface area is 115 Å². The average molecular weight is 257 g/mol. The van der Waals surface area contributed by atoms with Crippen LogP contribution in [-0.2, 0) is 0 Å². The summed E-state index contributed by atoms with van der Waals surface area (Å²) >= 11 is 0. The number of H-pyrrole nitrogens is 1. The Kier molecular flexibility index (Phi) is 4.41. The number of hydrogen-bond donors (Lipinski definition) is 1. The van der Waals surface area contributed by atoms with Gasteiger partial charge in [0.25, 0.3) is 0 Å². The Bertz CT molecular complexity index is 568. The predicted octanol–water partition coefficient (Wildman–Crippen LogP) is 5.05. The number of unbranched alkanes of at least 4 members (excludes halogenated alkanes) is 1. The zero-order valence-corrected chi connectivity index (χ0v) is 12.1. The summed E-state index contributed by atoms with van der Waals surface area (Å²) in [4.78, 5) is 14.7. The molecule has 0 aliphatic heterocycles. The molecule has 0 amide bonds. The molecule has 0 saturated carbocycles. The number of rotatable bonds is 6. The fourth-order valence-electron chi connectivity index (χ4n) is 2.74. The van der Waals surface area contributed by atoms with Gasteiger partial charge in [0.2, 0.25) is 0 Å². The van der Waals surface area contributed by atoms with Crippen LogP contribution >= 0.6 is 0 Å². The summed E-state index contributed by atoms with van der Waals surface area (Å²) in [6.45, 7) is 6.10. The van der Waals surface area contributed by atoms with E-state index in [1.807, 2.05) is 12.1 Å². The standard InChI is InChI=1S/C17H23NO/c1-4-6-7-13(5-2)16-11-18-17-10-14(12(3)19)8-9-15(16)17/h8-11,13,18H,4-7H2,1-3H3. The van der Waals surface area contributed by atoms with Gasteiger partial charge in [-0.15, -0.1) is 0 Å². The number of carbonyl (C=O) groups is 1. The molecule has 1 N–H and O–H groups in total. The van der Waals surface area contributed by atoms with Crippen molar-refractivity contribution in [2.45, 2.75) is 52.4 Å². The largest absolute Gasteiger partial charge is 0.361 e. The summed E-state index contributed by atoms with van der Waals surface area (Å²) in [5, 5.41) is 1.27. The molecule has 1 aromatic heterocycles. The van der Waals surface area contributed by atoms with E-state index in [1.54, 1.807) is 6.92 Å². The number of fused-ring (bicyclic) bond motifs is 1. The van der Waals surface area contributed by atoms with Gasteiger partial charge in [0.15, 0.2) is 5.78 Å². The SMILES string of the molecule is CCCCC(CC)c1c[nH]c2cc(C(C)=O)ccc12. The van der Waals surface area contributed by atoms with Crippen molar-refractivity contribution in [2.75, 3.05) is 0 Å². The topological polar surface area (TPSA) is 32.9 Å². The van der Waals surface area contributed by atoms with Gasteiger partial charge in [0, 0.05) is 22.7 Å². The van der Waals surface area contributed by atoms with Crippen molar-refractivity contribution in [3.05, 3.63) is 35.5 Å². The third-order valence-corrected chi connectivity index (χ3v) is 3.96. The molecule has 0 aliphatic rings. The number of aromatic amines is 1. The first-order chi connectivity index (χ1) is 9.17. The molecule has 19 heavy (non-hydrogen) atoms. The van der Waals surface area contributed by atoms with Gasteiger partial charge in [0.05, 0.1) is 0 Å². The smallest absolute Gasteiger partial charge is 0.159 e. The van der Waals surface area contributed by atoms with Crippen molar-refractivity contribution in [1.82, 2.24) is 4.98 Å². The molecule has 2 aromatic rings. The van der Waals surface area contributed by atoms with E-state index in [0.717, 1.165) is 11.1 Å². The Hall–Kier alpha value is -1.57. The third kappa shape index (κ3) is 2.89. The molecule has 1 aromatic carbocycles. The van der Waals surface area contributed by atoms with Crippen molar-refractivity contribution in [2.24, 2.45) is 0 Å².